The predicted molar refractivity (Wildman–Crippen MR) is 242 cm³/mol. The SMILES string of the molecule is CC1(C)c2ccccc2-c2ccc(-c3ccc(N(c4ccc(-c5ccc6ccccc6c5)cc4)c4cc5ccccc5c5c4-c4ccccc4C5(C)C)cc3)cc21. The summed E-state index contributed by atoms with van der Waals surface area (Å²) < 4.78 is 0. The first kappa shape index (κ1) is 33.6. The zero-order valence-electron chi connectivity index (χ0n) is 32.8. The minimum Gasteiger partial charge on any atom is -0.310 e. The average Bonchev–Trinajstić information content (AvgIpc) is 3.64. The van der Waals surface area contributed by atoms with Crippen LogP contribution in [-0.4, -0.2) is 0 Å². The molecule has 0 spiro atoms. The van der Waals surface area contributed by atoms with Crippen LogP contribution in [0.15, 0.2) is 188 Å². The van der Waals surface area contributed by atoms with E-state index in [9.17, 15) is 0 Å². The van der Waals surface area contributed by atoms with Crippen LogP contribution in [0.1, 0.15) is 49.9 Å². The van der Waals surface area contributed by atoms with Gasteiger partial charge in [0.05, 0.1) is 5.69 Å². The molecule has 0 N–H and O–H groups in total. The fourth-order valence-corrected chi connectivity index (χ4v) is 10.1. The van der Waals surface area contributed by atoms with Crippen LogP contribution >= 0.6 is 0 Å². The van der Waals surface area contributed by atoms with Crippen LogP contribution in [0, 0.1) is 0 Å². The van der Waals surface area contributed by atoms with E-state index >= 15 is 0 Å². The number of hydrogen-bond donors (Lipinski definition) is 0. The minimum atomic E-state index is -0.155. The fourth-order valence-electron chi connectivity index (χ4n) is 10.1. The van der Waals surface area contributed by atoms with Gasteiger partial charge in [-0.15, -0.1) is 0 Å². The maximum Gasteiger partial charge on any atom is 0.0549 e. The quantitative estimate of drug-likeness (QED) is 0.170. The maximum atomic E-state index is 2.49. The fraction of sp³-hybridized carbons (Fsp3) is 0.107. The van der Waals surface area contributed by atoms with Crippen LogP contribution in [0.2, 0.25) is 0 Å². The molecule has 1 nitrogen and oxygen atoms in total. The molecule has 0 bridgehead atoms. The molecule has 11 rings (SSSR count). The Bertz CT molecular complexity index is 3050. The molecule has 0 unspecified atom stereocenters. The zero-order valence-corrected chi connectivity index (χ0v) is 32.8. The van der Waals surface area contributed by atoms with Gasteiger partial charge in [0.1, 0.15) is 0 Å². The number of benzene rings is 9. The van der Waals surface area contributed by atoms with Crippen LogP contribution in [0.3, 0.4) is 0 Å². The highest BCUT2D eigenvalue weighted by Gasteiger charge is 2.40. The Morgan fingerprint density at radius 3 is 1.56 bits per heavy atom. The van der Waals surface area contributed by atoms with Gasteiger partial charge in [-0.2, -0.15) is 0 Å². The Hall–Kier alpha value is -6.70. The summed E-state index contributed by atoms with van der Waals surface area (Å²) >= 11 is 0. The van der Waals surface area contributed by atoms with Crippen molar-refractivity contribution in [3.63, 3.8) is 0 Å². The second kappa shape index (κ2) is 12.4. The Labute approximate surface area is 335 Å². The molecule has 0 heterocycles. The maximum absolute atomic E-state index is 2.49. The van der Waals surface area contributed by atoms with Gasteiger partial charge in [-0.3, -0.25) is 0 Å². The Morgan fingerprint density at radius 2 is 0.860 bits per heavy atom. The van der Waals surface area contributed by atoms with Gasteiger partial charge in [-0.25, -0.2) is 0 Å². The van der Waals surface area contributed by atoms with Crippen molar-refractivity contribution in [2.45, 2.75) is 38.5 Å². The van der Waals surface area contributed by atoms with Crippen molar-refractivity contribution < 1.29 is 0 Å². The molecule has 2 aliphatic rings. The number of hydrogen-bond acceptors (Lipinski definition) is 1. The van der Waals surface area contributed by atoms with Gasteiger partial charge in [-0.05, 0) is 125 Å². The molecule has 0 radical (unpaired) electrons. The third-order valence-corrected chi connectivity index (χ3v) is 13.0. The summed E-state index contributed by atoms with van der Waals surface area (Å²) in [6.07, 6.45) is 0. The summed E-state index contributed by atoms with van der Waals surface area (Å²) in [5.41, 5.74) is 19.1. The lowest BCUT2D eigenvalue weighted by Gasteiger charge is -2.30. The van der Waals surface area contributed by atoms with Crippen molar-refractivity contribution in [2.75, 3.05) is 4.90 Å². The third kappa shape index (κ3) is 5.08. The van der Waals surface area contributed by atoms with Gasteiger partial charge in [-0.1, -0.05) is 173 Å². The van der Waals surface area contributed by atoms with Gasteiger partial charge < -0.3 is 4.90 Å². The minimum absolute atomic E-state index is 0.0434. The topological polar surface area (TPSA) is 3.24 Å². The van der Waals surface area contributed by atoms with E-state index in [-0.39, 0.29) is 10.8 Å². The molecule has 0 amide bonds. The number of anilines is 3. The molecule has 0 saturated carbocycles. The second-order valence-corrected chi connectivity index (χ2v) is 17.0. The van der Waals surface area contributed by atoms with Crippen molar-refractivity contribution in [2.24, 2.45) is 0 Å². The van der Waals surface area contributed by atoms with Crippen LogP contribution in [0.4, 0.5) is 17.1 Å². The van der Waals surface area contributed by atoms with E-state index in [1.54, 1.807) is 0 Å². The lowest BCUT2D eigenvalue weighted by molar-refractivity contribution is 0.660. The highest BCUT2D eigenvalue weighted by molar-refractivity contribution is 6.06. The van der Waals surface area contributed by atoms with E-state index in [2.05, 4.69) is 221 Å². The lowest BCUT2D eigenvalue weighted by atomic mass is 9.80. The molecule has 9 aromatic carbocycles. The molecule has 272 valence electrons. The van der Waals surface area contributed by atoms with Crippen molar-refractivity contribution >= 4 is 38.6 Å². The normalized spacial score (nSPS) is 14.2. The summed E-state index contributed by atoms with van der Waals surface area (Å²) in [4.78, 5) is 2.49. The van der Waals surface area contributed by atoms with Gasteiger partial charge >= 0.3 is 0 Å². The van der Waals surface area contributed by atoms with Crippen LogP contribution in [-0.2, 0) is 10.8 Å². The summed E-state index contributed by atoms with van der Waals surface area (Å²) in [5, 5.41) is 5.09. The van der Waals surface area contributed by atoms with Gasteiger partial charge in [0.15, 0.2) is 0 Å². The van der Waals surface area contributed by atoms with Gasteiger partial charge in [0.25, 0.3) is 0 Å². The van der Waals surface area contributed by atoms with E-state index in [1.165, 1.54) is 94.0 Å². The largest absolute Gasteiger partial charge is 0.310 e. The average molecular weight is 730 g/mol. The molecular weight excluding hydrogens is 687 g/mol. The van der Waals surface area contributed by atoms with Crippen molar-refractivity contribution in [3.05, 3.63) is 210 Å². The molecule has 9 aromatic rings. The smallest absolute Gasteiger partial charge is 0.0549 e. The predicted octanol–water partition coefficient (Wildman–Crippen LogP) is 15.4. The van der Waals surface area contributed by atoms with Crippen molar-refractivity contribution in [1.29, 1.82) is 0 Å². The molecule has 0 saturated heterocycles. The van der Waals surface area contributed by atoms with Crippen molar-refractivity contribution in [1.82, 2.24) is 0 Å². The monoisotopic (exact) mass is 729 g/mol. The highest BCUT2D eigenvalue weighted by atomic mass is 15.1. The van der Waals surface area contributed by atoms with E-state index in [4.69, 9.17) is 0 Å². The van der Waals surface area contributed by atoms with Crippen molar-refractivity contribution in [3.8, 4) is 44.5 Å². The molecule has 0 atom stereocenters. The van der Waals surface area contributed by atoms with Gasteiger partial charge in [0, 0.05) is 27.8 Å². The van der Waals surface area contributed by atoms with Crippen LogP contribution in [0.25, 0.3) is 66.1 Å². The van der Waals surface area contributed by atoms with Crippen LogP contribution in [0.5, 0.6) is 0 Å². The van der Waals surface area contributed by atoms with E-state index in [1.807, 2.05) is 0 Å². The highest BCUT2D eigenvalue weighted by Crippen LogP contribution is 2.57. The molecular formula is C56H43N. The molecule has 0 aromatic heterocycles. The zero-order chi connectivity index (χ0) is 38.5. The lowest BCUT2D eigenvalue weighted by Crippen LogP contribution is -2.16. The van der Waals surface area contributed by atoms with E-state index in [0.29, 0.717) is 0 Å². The Kier molecular flexibility index (Phi) is 7.32. The molecule has 57 heavy (non-hydrogen) atoms. The number of nitrogens with zero attached hydrogens (tertiary/aromatic N) is 1. The summed E-state index contributed by atoms with van der Waals surface area (Å²) in [6, 6.07) is 70.0. The summed E-state index contributed by atoms with van der Waals surface area (Å²) in [5.74, 6) is 0. The Morgan fingerprint density at radius 1 is 0.351 bits per heavy atom. The molecule has 2 aliphatic carbocycles. The first-order valence-corrected chi connectivity index (χ1v) is 20.2. The van der Waals surface area contributed by atoms with E-state index in [0.717, 1.165) is 11.4 Å². The first-order chi connectivity index (χ1) is 27.8. The van der Waals surface area contributed by atoms with Crippen LogP contribution < -0.4 is 4.90 Å². The summed E-state index contributed by atoms with van der Waals surface area (Å²) in [6.45, 7) is 9.49. The second-order valence-electron chi connectivity index (χ2n) is 17.0. The molecule has 1 heteroatoms. The Balaban J connectivity index is 1.08. The number of rotatable bonds is 5. The van der Waals surface area contributed by atoms with Gasteiger partial charge in [0.2, 0.25) is 0 Å². The summed E-state index contributed by atoms with van der Waals surface area (Å²) in [7, 11) is 0. The van der Waals surface area contributed by atoms with E-state index < -0.39 is 0 Å². The first-order valence-electron chi connectivity index (χ1n) is 20.2. The molecule has 0 fully saturated rings. The standard InChI is InChI=1S/C56H43N/c1-55(2)49-19-11-9-17-46(49)47-32-27-41(34-51(47)55)38-25-30-44(31-26-38)57(43-28-23-37(24-29-43)40-22-21-36-13-5-6-14-39(36)33-40)52-35-42-15-7-8-16-45(42)54-53(52)48-18-10-12-20-50(48)56(54,3)4/h5-35H,1-4H3. The number of fused-ring (bicyclic) bond motifs is 9. The third-order valence-electron chi connectivity index (χ3n) is 13.0. The molecule has 0 aliphatic heterocycles.